The first-order chi connectivity index (χ1) is 7.77. The minimum Gasteiger partial charge on any atom is -0.205 e. The van der Waals surface area contributed by atoms with E-state index in [-0.39, 0.29) is 0 Å². The summed E-state index contributed by atoms with van der Waals surface area (Å²) in [6.07, 6.45) is 5.41. The Bertz CT molecular complexity index is 454. The second kappa shape index (κ2) is 4.22. The highest BCUT2D eigenvalue weighted by Crippen LogP contribution is 2.29. The van der Waals surface area contributed by atoms with E-state index in [9.17, 15) is 5.11 Å². The van der Waals surface area contributed by atoms with Crippen molar-refractivity contribution in [2.24, 2.45) is 0 Å². The van der Waals surface area contributed by atoms with E-state index in [1.807, 2.05) is 36.4 Å². The quantitative estimate of drug-likeness (QED) is 0.675. The van der Waals surface area contributed by atoms with Gasteiger partial charge in [0.25, 0.3) is 0 Å². The van der Waals surface area contributed by atoms with Crippen LogP contribution in [0.25, 0.3) is 0 Å². The minimum atomic E-state index is -1.59. The largest absolute Gasteiger partial charge is 0.213 e. The molecule has 0 saturated heterocycles. The lowest BCUT2D eigenvalue weighted by molar-refractivity contribution is 0.0578. The summed E-state index contributed by atoms with van der Waals surface area (Å²) in [6.45, 7) is 0. The summed E-state index contributed by atoms with van der Waals surface area (Å²) in [5.41, 5.74) is -0.393. The van der Waals surface area contributed by atoms with Crippen LogP contribution in [-0.4, -0.2) is 0 Å². The van der Waals surface area contributed by atoms with E-state index in [1.54, 1.807) is 24.3 Å². The third kappa shape index (κ3) is 1.71. The zero-order chi connectivity index (χ0) is 11.4. The Morgan fingerprint density at radius 1 is 0.812 bits per heavy atom. The van der Waals surface area contributed by atoms with E-state index in [4.69, 9.17) is 6.42 Å². The van der Waals surface area contributed by atoms with Gasteiger partial charge in [0, 0.05) is 11.1 Å². The summed E-state index contributed by atoms with van der Waals surface area (Å²) in [4.78, 5) is 0. The molecule has 0 bridgehead atoms. The van der Waals surface area contributed by atoms with Gasteiger partial charge in [0.05, 0.1) is 0 Å². The lowest BCUT2D eigenvalue weighted by Gasteiger charge is -2.20. The van der Waals surface area contributed by atoms with Gasteiger partial charge in [0.1, 0.15) is 0 Å². The zero-order valence-corrected chi connectivity index (χ0v) is 8.76. The third-order valence-corrected chi connectivity index (χ3v) is 2.56. The fraction of sp³-hybridized carbons (Fsp3) is 0.0667. The smallest absolute Gasteiger partial charge is 0.205 e. The molecule has 1 nitrogen and oxygen atoms in total. The maximum absolute atomic E-state index is 12.6. The van der Waals surface area contributed by atoms with Crippen molar-refractivity contribution in [3.63, 3.8) is 0 Å². The first-order valence-corrected chi connectivity index (χ1v) is 5.06. The standard InChI is InChI=1S/C15H11O/c1-2-15(16,13-9-5-3-6-10-13)14-11-7-4-8-12-14/h1,3-12H. The zero-order valence-electron chi connectivity index (χ0n) is 8.76. The van der Waals surface area contributed by atoms with Crippen LogP contribution in [0.4, 0.5) is 0 Å². The van der Waals surface area contributed by atoms with Gasteiger partial charge in [0.2, 0.25) is 5.60 Å². The van der Waals surface area contributed by atoms with Gasteiger partial charge in [-0.15, -0.1) is 6.42 Å². The summed E-state index contributed by atoms with van der Waals surface area (Å²) in [7, 11) is 0. The molecule has 0 amide bonds. The highest BCUT2D eigenvalue weighted by molar-refractivity contribution is 5.42. The van der Waals surface area contributed by atoms with Crippen molar-refractivity contribution in [1.29, 1.82) is 0 Å². The first-order valence-electron chi connectivity index (χ1n) is 5.06. The Morgan fingerprint density at radius 3 is 1.50 bits per heavy atom. The van der Waals surface area contributed by atoms with Gasteiger partial charge in [-0.3, -0.25) is 0 Å². The van der Waals surface area contributed by atoms with E-state index in [1.165, 1.54) is 0 Å². The summed E-state index contributed by atoms with van der Waals surface area (Å²) in [5, 5.41) is 12.6. The fourth-order valence-electron chi connectivity index (χ4n) is 1.68. The fourth-order valence-corrected chi connectivity index (χ4v) is 1.68. The molecule has 0 aromatic heterocycles. The molecule has 0 heterocycles. The van der Waals surface area contributed by atoms with Gasteiger partial charge in [-0.25, -0.2) is 5.11 Å². The predicted octanol–water partition coefficient (Wildman–Crippen LogP) is 2.99. The second-order valence-electron chi connectivity index (χ2n) is 3.56. The molecule has 0 saturated carbocycles. The molecule has 0 unspecified atom stereocenters. The maximum atomic E-state index is 12.6. The molecule has 0 fully saturated rings. The van der Waals surface area contributed by atoms with Crippen molar-refractivity contribution in [3.8, 4) is 12.3 Å². The molecule has 0 spiro atoms. The molecule has 2 aromatic carbocycles. The maximum Gasteiger partial charge on any atom is 0.213 e. The summed E-state index contributed by atoms with van der Waals surface area (Å²) in [5.74, 6) is 2.36. The normalized spacial score (nSPS) is 10.8. The Hall–Kier alpha value is -2.04. The molecule has 2 rings (SSSR count). The van der Waals surface area contributed by atoms with Crippen LogP contribution in [0.15, 0.2) is 60.7 Å². The Morgan fingerprint density at radius 2 is 1.19 bits per heavy atom. The molecule has 1 heteroatoms. The average Bonchev–Trinajstić information content (AvgIpc) is 2.40. The Kier molecular flexibility index (Phi) is 2.76. The van der Waals surface area contributed by atoms with E-state index >= 15 is 0 Å². The van der Waals surface area contributed by atoms with E-state index < -0.39 is 5.60 Å². The highest BCUT2D eigenvalue weighted by atomic mass is 16.3. The average molecular weight is 207 g/mol. The topological polar surface area (TPSA) is 19.9 Å². The molecule has 0 atom stereocenters. The number of rotatable bonds is 2. The van der Waals surface area contributed by atoms with Crippen LogP contribution in [0.1, 0.15) is 11.1 Å². The number of hydrogen-bond acceptors (Lipinski definition) is 0. The van der Waals surface area contributed by atoms with Crippen molar-refractivity contribution < 1.29 is 5.11 Å². The molecule has 77 valence electrons. The molecule has 0 aliphatic rings. The number of terminal acetylenes is 1. The minimum absolute atomic E-state index is 0.601. The predicted molar refractivity (Wildman–Crippen MR) is 63.2 cm³/mol. The van der Waals surface area contributed by atoms with Crippen LogP contribution >= 0.6 is 0 Å². The van der Waals surface area contributed by atoms with Gasteiger partial charge < -0.3 is 0 Å². The summed E-state index contributed by atoms with van der Waals surface area (Å²) in [6, 6.07) is 18.1. The van der Waals surface area contributed by atoms with E-state index in [2.05, 4.69) is 5.92 Å². The Balaban J connectivity index is 2.55. The van der Waals surface area contributed by atoms with Gasteiger partial charge >= 0.3 is 0 Å². The van der Waals surface area contributed by atoms with Crippen LogP contribution < -0.4 is 0 Å². The third-order valence-electron chi connectivity index (χ3n) is 2.56. The van der Waals surface area contributed by atoms with Crippen molar-refractivity contribution in [3.05, 3.63) is 71.8 Å². The van der Waals surface area contributed by atoms with E-state index in [0.717, 1.165) is 0 Å². The van der Waals surface area contributed by atoms with Crippen LogP contribution in [-0.2, 0) is 10.7 Å². The van der Waals surface area contributed by atoms with Crippen molar-refractivity contribution in [2.45, 2.75) is 5.60 Å². The van der Waals surface area contributed by atoms with Crippen molar-refractivity contribution in [2.75, 3.05) is 0 Å². The van der Waals surface area contributed by atoms with E-state index in [0.29, 0.717) is 11.1 Å². The van der Waals surface area contributed by atoms with Crippen molar-refractivity contribution in [1.82, 2.24) is 0 Å². The van der Waals surface area contributed by atoms with Crippen LogP contribution in [0, 0.1) is 12.3 Å². The summed E-state index contributed by atoms with van der Waals surface area (Å²) >= 11 is 0. The molecule has 0 N–H and O–H groups in total. The van der Waals surface area contributed by atoms with Crippen LogP contribution in [0.5, 0.6) is 0 Å². The van der Waals surface area contributed by atoms with Crippen LogP contribution in [0.2, 0.25) is 0 Å². The molecular formula is C15H11O. The van der Waals surface area contributed by atoms with Gasteiger partial charge in [-0.1, -0.05) is 66.6 Å². The molecule has 2 aromatic rings. The second-order valence-corrected chi connectivity index (χ2v) is 3.56. The van der Waals surface area contributed by atoms with Crippen LogP contribution in [0.3, 0.4) is 0 Å². The molecule has 0 aliphatic carbocycles. The number of hydrogen-bond donors (Lipinski definition) is 0. The molecular weight excluding hydrogens is 196 g/mol. The van der Waals surface area contributed by atoms with Gasteiger partial charge in [-0.05, 0) is 0 Å². The molecule has 0 aliphatic heterocycles. The van der Waals surface area contributed by atoms with Crippen molar-refractivity contribution >= 4 is 0 Å². The Labute approximate surface area is 95.4 Å². The number of benzene rings is 2. The van der Waals surface area contributed by atoms with Gasteiger partial charge in [0.15, 0.2) is 0 Å². The lowest BCUT2D eigenvalue weighted by Crippen LogP contribution is -2.23. The first kappa shape index (κ1) is 10.5. The SMILES string of the molecule is C#CC([O])(c1ccccc1)c1ccccc1. The lowest BCUT2D eigenvalue weighted by atomic mass is 9.87. The summed E-state index contributed by atoms with van der Waals surface area (Å²) < 4.78 is 0. The molecule has 16 heavy (non-hydrogen) atoms. The molecule has 1 radical (unpaired) electrons. The van der Waals surface area contributed by atoms with Gasteiger partial charge in [-0.2, -0.15) is 0 Å². The monoisotopic (exact) mass is 207 g/mol. The highest BCUT2D eigenvalue weighted by Gasteiger charge is 2.30.